The van der Waals surface area contributed by atoms with Crippen LogP contribution < -0.4 is 5.56 Å². The molecule has 0 radical (unpaired) electrons. The van der Waals surface area contributed by atoms with E-state index in [0.717, 1.165) is 0 Å². The van der Waals surface area contributed by atoms with Gasteiger partial charge in [-0.25, -0.2) is 0 Å². The number of fused-ring (bicyclic) bond motifs is 3. The Morgan fingerprint density at radius 2 is 1.94 bits per heavy atom. The second-order valence-electron chi connectivity index (χ2n) is 4.06. The van der Waals surface area contributed by atoms with E-state index in [9.17, 15) is 13.6 Å². The van der Waals surface area contributed by atoms with Gasteiger partial charge in [-0.15, -0.1) is 0 Å². The summed E-state index contributed by atoms with van der Waals surface area (Å²) in [4.78, 5) is 13.3. The molecule has 1 heterocycles. The number of nitriles is 1. The third-order valence-corrected chi connectivity index (χ3v) is 3.01. The Morgan fingerprint density at radius 3 is 2.67 bits per heavy atom. The number of pyridine rings is 1. The maximum Gasteiger partial charge on any atom is 0.314 e. The zero-order valence-electron chi connectivity index (χ0n) is 9.00. The molecule has 1 aromatic carbocycles. The molecule has 1 aromatic heterocycles. The van der Waals surface area contributed by atoms with Crippen molar-refractivity contribution in [2.75, 3.05) is 0 Å². The molecule has 0 bridgehead atoms. The summed E-state index contributed by atoms with van der Waals surface area (Å²) in [5, 5.41) is 8.80. The first kappa shape index (κ1) is 10.7. The van der Waals surface area contributed by atoms with E-state index >= 15 is 0 Å². The van der Waals surface area contributed by atoms with Crippen LogP contribution in [0.3, 0.4) is 0 Å². The van der Waals surface area contributed by atoms with Crippen molar-refractivity contribution < 1.29 is 8.78 Å². The van der Waals surface area contributed by atoms with Crippen LogP contribution in [0.1, 0.15) is 16.8 Å². The van der Waals surface area contributed by atoms with E-state index in [4.69, 9.17) is 5.26 Å². The second kappa shape index (κ2) is 3.26. The van der Waals surface area contributed by atoms with Crippen LogP contribution in [-0.4, -0.2) is 4.98 Å². The number of rotatable bonds is 0. The molecule has 2 aromatic rings. The van der Waals surface area contributed by atoms with Crippen LogP contribution in [0.25, 0.3) is 11.1 Å². The van der Waals surface area contributed by atoms with Crippen LogP contribution >= 0.6 is 0 Å². The van der Waals surface area contributed by atoms with Crippen LogP contribution in [0.4, 0.5) is 8.78 Å². The van der Waals surface area contributed by atoms with Crippen LogP contribution in [0.5, 0.6) is 0 Å². The monoisotopic (exact) mass is 244 g/mol. The molecule has 0 unspecified atom stereocenters. The fourth-order valence-electron chi connectivity index (χ4n) is 2.19. The van der Waals surface area contributed by atoms with E-state index in [0.29, 0.717) is 11.1 Å². The SMILES string of the molecule is N#Cc1ccc2c(c1)-c1ccc(=O)[nH]c1C2(F)F. The molecular formula is C13H6F2N2O. The lowest BCUT2D eigenvalue weighted by Gasteiger charge is -2.11. The highest BCUT2D eigenvalue weighted by atomic mass is 19.3. The van der Waals surface area contributed by atoms with Crippen molar-refractivity contribution in [3.63, 3.8) is 0 Å². The van der Waals surface area contributed by atoms with Gasteiger partial charge in [-0.3, -0.25) is 4.79 Å². The number of nitrogens with one attached hydrogen (secondary N) is 1. The number of aromatic amines is 1. The van der Waals surface area contributed by atoms with Crippen molar-refractivity contribution in [2.24, 2.45) is 0 Å². The molecule has 0 aliphatic heterocycles. The number of H-pyrrole nitrogens is 1. The molecule has 0 fully saturated rings. The largest absolute Gasteiger partial charge is 0.320 e. The Labute approximate surface area is 100 Å². The number of hydrogen-bond acceptors (Lipinski definition) is 2. The first-order valence-corrected chi connectivity index (χ1v) is 5.20. The first-order valence-electron chi connectivity index (χ1n) is 5.20. The molecule has 0 atom stereocenters. The standard InChI is InChI=1S/C13H6F2N2O/c14-13(15)10-3-1-7(6-16)5-9(10)8-2-4-11(18)17-12(8)13/h1-5H,(H,17,18). The van der Waals surface area contributed by atoms with E-state index in [1.165, 1.54) is 30.3 Å². The van der Waals surface area contributed by atoms with Gasteiger partial charge in [0.15, 0.2) is 0 Å². The lowest BCUT2D eigenvalue weighted by molar-refractivity contribution is 0.0431. The van der Waals surface area contributed by atoms with Crippen molar-refractivity contribution in [1.82, 2.24) is 4.98 Å². The summed E-state index contributed by atoms with van der Waals surface area (Å²) in [6.45, 7) is 0. The second-order valence-corrected chi connectivity index (χ2v) is 4.06. The topological polar surface area (TPSA) is 56.6 Å². The minimum Gasteiger partial charge on any atom is -0.320 e. The fraction of sp³-hybridized carbons (Fsp3) is 0.0769. The number of alkyl halides is 2. The van der Waals surface area contributed by atoms with E-state index < -0.39 is 17.2 Å². The van der Waals surface area contributed by atoms with Crippen LogP contribution in [-0.2, 0) is 5.92 Å². The molecular weight excluding hydrogens is 238 g/mol. The molecule has 18 heavy (non-hydrogen) atoms. The number of hydrogen-bond donors (Lipinski definition) is 1. The van der Waals surface area contributed by atoms with Gasteiger partial charge in [0.25, 0.3) is 0 Å². The van der Waals surface area contributed by atoms with Gasteiger partial charge >= 0.3 is 5.92 Å². The molecule has 5 heteroatoms. The van der Waals surface area contributed by atoms with Crippen molar-refractivity contribution in [1.29, 1.82) is 5.26 Å². The number of halogens is 2. The normalized spacial score (nSPS) is 14.7. The summed E-state index contributed by atoms with van der Waals surface area (Å²) < 4.78 is 28.2. The summed E-state index contributed by atoms with van der Waals surface area (Å²) in [6.07, 6.45) is 0. The highest BCUT2D eigenvalue weighted by Gasteiger charge is 2.45. The van der Waals surface area contributed by atoms with Gasteiger partial charge < -0.3 is 4.98 Å². The Morgan fingerprint density at radius 1 is 1.17 bits per heavy atom. The molecule has 0 saturated carbocycles. The zero-order chi connectivity index (χ0) is 12.9. The summed E-state index contributed by atoms with van der Waals surface area (Å²) in [6, 6.07) is 8.45. The van der Waals surface area contributed by atoms with Gasteiger partial charge in [-0.05, 0) is 23.8 Å². The summed E-state index contributed by atoms with van der Waals surface area (Å²) >= 11 is 0. The van der Waals surface area contributed by atoms with Gasteiger partial charge in [0.05, 0.1) is 11.6 Å². The molecule has 0 amide bonds. The highest BCUT2D eigenvalue weighted by molar-refractivity contribution is 5.78. The van der Waals surface area contributed by atoms with E-state index in [2.05, 4.69) is 4.98 Å². The Hall–Kier alpha value is -2.48. The summed E-state index contributed by atoms with van der Waals surface area (Å²) in [5.41, 5.74) is -0.277. The van der Waals surface area contributed by atoms with Crippen molar-refractivity contribution in [3.05, 3.63) is 57.5 Å². The zero-order valence-corrected chi connectivity index (χ0v) is 9.00. The maximum absolute atomic E-state index is 14.1. The van der Waals surface area contributed by atoms with E-state index in [-0.39, 0.29) is 11.1 Å². The van der Waals surface area contributed by atoms with Gasteiger partial charge in [0.1, 0.15) is 5.69 Å². The third kappa shape index (κ3) is 1.23. The van der Waals surface area contributed by atoms with E-state index in [1.807, 2.05) is 6.07 Å². The smallest absolute Gasteiger partial charge is 0.314 e. The average molecular weight is 244 g/mol. The predicted octanol–water partition coefficient (Wildman–Crippen LogP) is 2.37. The van der Waals surface area contributed by atoms with Gasteiger partial charge in [0.2, 0.25) is 5.56 Å². The molecule has 0 saturated heterocycles. The maximum atomic E-state index is 14.1. The van der Waals surface area contributed by atoms with Gasteiger partial charge in [-0.1, -0.05) is 6.07 Å². The highest BCUT2D eigenvalue weighted by Crippen LogP contribution is 2.49. The molecule has 3 nitrogen and oxygen atoms in total. The van der Waals surface area contributed by atoms with Crippen molar-refractivity contribution in [2.45, 2.75) is 5.92 Å². The third-order valence-electron chi connectivity index (χ3n) is 3.01. The number of benzene rings is 1. The molecule has 88 valence electrons. The number of nitrogens with zero attached hydrogens (tertiary/aromatic N) is 1. The van der Waals surface area contributed by atoms with Crippen LogP contribution in [0.2, 0.25) is 0 Å². The quantitative estimate of drug-likeness (QED) is 0.773. The molecule has 1 aliphatic carbocycles. The number of aromatic nitrogens is 1. The average Bonchev–Trinajstić information content (AvgIpc) is 2.58. The predicted molar refractivity (Wildman–Crippen MR) is 60.2 cm³/mol. The molecule has 0 spiro atoms. The van der Waals surface area contributed by atoms with Crippen molar-refractivity contribution >= 4 is 0 Å². The molecule has 1 N–H and O–H groups in total. The lowest BCUT2D eigenvalue weighted by atomic mass is 10.0. The fourth-order valence-corrected chi connectivity index (χ4v) is 2.19. The summed E-state index contributed by atoms with van der Waals surface area (Å²) in [5.74, 6) is -3.22. The van der Waals surface area contributed by atoms with Crippen LogP contribution in [0, 0.1) is 11.3 Å². The minimum atomic E-state index is -3.22. The van der Waals surface area contributed by atoms with Crippen LogP contribution in [0.15, 0.2) is 35.1 Å². The summed E-state index contributed by atoms with van der Waals surface area (Å²) in [7, 11) is 0. The van der Waals surface area contributed by atoms with Crippen molar-refractivity contribution in [3.8, 4) is 17.2 Å². The molecule has 3 rings (SSSR count). The lowest BCUT2D eigenvalue weighted by Crippen LogP contribution is -2.17. The molecule has 1 aliphatic rings. The van der Waals surface area contributed by atoms with E-state index in [1.54, 1.807) is 0 Å². The Balaban J connectivity index is 2.40. The van der Waals surface area contributed by atoms with Gasteiger partial charge in [0, 0.05) is 17.2 Å². The Kier molecular flexibility index (Phi) is 1.93. The Bertz CT molecular complexity index is 756. The first-order chi connectivity index (χ1) is 8.54. The van der Waals surface area contributed by atoms with Gasteiger partial charge in [-0.2, -0.15) is 14.0 Å². The minimum absolute atomic E-state index is 0.182.